The van der Waals surface area contributed by atoms with Crippen molar-refractivity contribution in [2.45, 2.75) is 39.8 Å². The van der Waals surface area contributed by atoms with E-state index in [0.29, 0.717) is 0 Å². The van der Waals surface area contributed by atoms with Crippen LogP contribution < -0.4 is 5.84 Å². The number of nitrogens with two attached hydrogens (primary N) is 1. The van der Waals surface area contributed by atoms with Gasteiger partial charge in [0.05, 0.1) is 6.54 Å². The Hall–Kier alpha value is -1.75. The van der Waals surface area contributed by atoms with E-state index in [1.54, 1.807) is 45.9 Å². The number of carbonyl (C=O) groups is 1. The van der Waals surface area contributed by atoms with Gasteiger partial charge in [-0.2, -0.15) is 0 Å². The third kappa shape index (κ3) is 4.25. The minimum absolute atomic E-state index is 0.222. The smallest absolute Gasteiger partial charge is 0.424 e. The molecule has 100 valence electrons. The second kappa shape index (κ2) is 5.27. The van der Waals surface area contributed by atoms with Crippen molar-refractivity contribution >= 4 is 6.09 Å². The molecule has 0 aliphatic carbocycles. The fraction of sp³-hybridized carbons (Fsp3) is 0.462. The number of ether oxygens (including phenoxy) is 1. The molecule has 0 aromatic heterocycles. The Morgan fingerprint density at radius 2 is 2.06 bits per heavy atom. The Kier molecular flexibility index (Phi) is 4.19. The van der Waals surface area contributed by atoms with E-state index in [2.05, 4.69) is 0 Å². The van der Waals surface area contributed by atoms with Crippen molar-refractivity contribution in [3.63, 3.8) is 0 Å². The maximum Gasteiger partial charge on any atom is 0.424 e. The highest BCUT2D eigenvalue weighted by Gasteiger charge is 2.20. The number of hydrazine groups is 1. The predicted octanol–water partition coefficient (Wildman–Crippen LogP) is 2.31. The van der Waals surface area contributed by atoms with E-state index >= 15 is 0 Å². The van der Waals surface area contributed by atoms with Crippen LogP contribution >= 0.6 is 0 Å². The van der Waals surface area contributed by atoms with Gasteiger partial charge in [-0.3, -0.25) is 0 Å². The molecule has 3 N–H and O–H groups in total. The quantitative estimate of drug-likeness (QED) is 0.481. The summed E-state index contributed by atoms with van der Waals surface area (Å²) >= 11 is 0. The number of aromatic hydroxyl groups is 1. The Balaban J connectivity index is 2.66. The number of amides is 1. The third-order valence-electron chi connectivity index (χ3n) is 2.24. The number of phenolic OH excluding ortho intramolecular Hbond substituents is 1. The van der Waals surface area contributed by atoms with Gasteiger partial charge in [0.15, 0.2) is 0 Å². The van der Waals surface area contributed by atoms with E-state index < -0.39 is 11.7 Å². The Bertz CT molecular complexity index is 438. The molecule has 18 heavy (non-hydrogen) atoms. The number of carbonyl (C=O) groups excluding carboxylic acids is 1. The van der Waals surface area contributed by atoms with Gasteiger partial charge in [0.25, 0.3) is 0 Å². The van der Waals surface area contributed by atoms with E-state index in [0.717, 1.165) is 16.1 Å². The van der Waals surface area contributed by atoms with Crippen LogP contribution in [0.5, 0.6) is 5.75 Å². The first kappa shape index (κ1) is 14.3. The molecule has 0 aliphatic heterocycles. The fourth-order valence-electron chi connectivity index (χ4n) is 1.40. The average molecular weight is 252 g/mol. The summed E-state index contributed by atoms with van der Waals surface area (Å²) in [4.78, 5) is 11.6. The summed E-state index contributed by atoms with van der Waals surface area (Å²) in [6, 6.07) is 5.07. The van der Waals surface area contributed by atoms with Crippen LogP contribution in [0.3, 0.4) is 0 Å². The van der Waals surface area contributed by atoms with Gasteiger partial charge < -0.3 is 9.84 Å². The first-order valence-electron chi connectivity index (χ1n) is 5.73. The van der Waals surface area contributed by atoms with Crippen LogP contribution in [0.25, 0.3) is 0 Å². The molecule has 1 rings (SSSR count). The molecule has 1 aromatic carbocycles. The van der Waals surface area contributed by atoms with Crippen molar-refractivity contribution in [2.75, 3.05) is 0 Å². The molecule has 0 spiro atoms. The molecular formula is C13H20N2O3. The first-order valence-corrected chi connectivity index (χ1v) is 5.73. The van der Waals surface area contributed by atoms with Crippen molar-refractivity contribution in [1.29, 1.82) is 0 Å². The summed E-state index contributed by atoms with van der Waals surface area (Å²) in [5.74, 6) is 5.86. The van der Waals surface area contributed by atoms with E-state index in [4.69, 9.17) is 10.6 Å². The fourth-order valence-corrected chi connectivity index (χ4v) is 1.40. The summed E-state index contributed by atoms with van der Waals surface area (Å²) in [5, 5.41) is 10.4. The van der Waals surface area contributed by atoms with Gasteiger partial charge in [-0.1, -0.05) is 12.1 Å². The maximum atomic E-state index is 11.6. The third-order valence-corrected chi connectivity index (χ3v) is 2.24. The van der Waals surface area contributed by atoms with Crippen LogP contribution in [0.2, 0.25) is 0 Å². The van der Waals surface area contributed by atoms with Crippen LogP contribution in [0.1, 0.15) is 31.9 Å². The number of aryl methyl sites for hydroxylation is 1. The second-order valence-corrected chi connectivity index (χ2v) is 5.23. The molecule has 1 aromatic rings. The normalized spacial score (nSPS) is 11.2. The number of rotatable bonds is 2. The van der Waals surface area contributed by atoms with Crippen molar-refractivity contribution in [3.8, 4) is 5.75 Å². The van der Waals surface area contributed by atoms with Crippen molar-refractivity contribution in [2.24, 2.45) is 5.84 Å². The first-order chi connectivity index (χ1) is 8.19. The van der Waals surface area contributed by atoms with E-state index in [9.17, 15) is 9.90 Å². The molecule has 0 heterocycles. The summed E-state index contributed by atoms with van der Waals surface area (Å²) in [6.45, 7) is 7.36. The number of hydrogen-bond donors (Lipinski definition) is 2. The van der Waals surface area contributed by atoms with Crippen molar-refractivity contribution < 1.29 is 14.6 Å². The lowest BCUT2D eigenvalue weighted by Gasteiger charge is -2.24. The summed E-state index contributed by atoms with van der Waals surface area (Å²) < 4.78 is 5.14. The highest BCUT2D eigenvalue weighted by Crippen LogP contribution is 2.18. The summed E-state index contributed by atoms with van der Waals surface area (Å²) in [5.41, 5.74) is 1.00. The largest absolute Gasteiger partial charge is 0.508 e. The molecule has 0 fully saturated rings. The van der Waals surface area contributed by atoms with Crippen LogP contribution in [0.4, 0.5) is 4.79 Å². The standard InChI is InChI=1S/C13H20N2O3/c1-9-7-10(5-6-11(9)16)8-15(14)12(17)18-13(2,3)4/h5-7,16H,8,14H2,1-4H3. The predicted molar refractivity (Wildman–Crippen MR) is 68.8 cm³/mol. The molecular weight excluding hydrogens is 232 g/mol. The van der Waals surface area contributed by atoms with Crippen molar-refractivity contribution in [3.05, 3.63) is 29.3 Å². The number of hydrogen-bond acceptors (Lipinski definition) is 4. The SMILES string of the molecule is Cc1cc(CN(N)C(=O)OC(C)(C)C)ccc1O. The minimum Gasteiger partial charge on any atom is -0.508 e. The topological polar surface area (TPSA) is 75.8 Å². The second-order valence-electron chi connectivity index (χ2n) is 5.23. The molecule has 0 aliphatic rings. The molecule has 0 saturated carbocycles. The van der Waals surface area contributed by atoms with E-state index in [1.807, 2.05) is 0 Å². The van der Waals surface area contributed by atoms with Gasteiger partial charge in [0, 0.05) is 0 Å². The van der Waals surface area contributed by atoms with Crippen LogP contribution in [-0.4, -0.2) is 21.8 Å². The highest BCUT2D eigenvalue weighted by atomic mass is 16.6. The van der Waals surface area contributed by atoms with Gasteiger partial charge in [-0.05, 0) is 44.9 Å². The molecule has 5 nitrogen and oxygen atoms in total. The van der Waals surface area contributed by atoms with Gasteiger partial charge >= 0.3 is 6.09 Å². The molecule has 1 amide bonds. The highest BCUT2D eigenvalue weighted by molar-refractivity contribution is 5.67. The number of benzene rings is 1. The zero-order valence-electron chi connectivity index (χ0n) is 11.2. The molecule has 0 bridgehead atoms. The van der Waals surface area contributed by atoms with E-state index in [1.165, 1.54) is 0 Å². The Morgan fingerprint density at radius 3 is 2.56 bits per heavy atom. The van der Waals surface area contributed by atoms with Gasteiger partial charge in [0.2, 0.25) is 0 Å². The lowest BCUT2D eigenvalue weighted by molar-refractivity contribution is 0.0231. The molecule has 0 saturated heterocycles. The number of nitrogens with zero attached hydrogens (tertiary/aromatic N) is 1. The van der Waals surface area contributed by atoms with Crippen LogP contribution in [-0.2, 0) is 11.3 Å². The monoisotopic (exact) mass is 252 g/mol. The minimum atomic E-state index is -0.576. The molecule has 0 atom stereocenters. The zero-order chi connectivity index (χ0) is 13.9. The lowest BCUT2D eigenvalue weighted by Crippen LogP contribution is -2.40. The maximum absolute atomic E-state index is 11.6. The van der Waals surface area contributed by atoms with E-state index in [-0.39, 0.29) is 12.3 Å². The van der Waals surface area contributed by atoms with Crippen LogP contribution in [0, 0.1) is 6.92 Å². The van der Waals surface area contributed by atoms with Gasteiger partial charge in [-0.15, -0.1) is 0 Å². The van der Waals surface area contributed by atoms with Gasteiger partial charge in [0.1, 0.15) is 11.4 Å². The van der Waals surface area contributed by atoms with Gasteiger partial charge in [-0.25, -0.2) is 15.6 Å². The molecule has 0 radical (unpaired) electrons. The lowest BCUT2D eigenvalue weighted by atomic mass is 10.1. The summed E-state index contributed by atoms with van der Waals surface area (Å²) in [7, 11) is 0. The average Bonchev–Trinajstić information content (AvgIpc) is 2.21. The summed E-state index contributed by atoms with van der Waals surface area (Å²) in [6.07, 6.45) is -0.576. The number of phenols is 1. The van der Waals surface area contributed by atoms with Crippen molar-refractivity contribution in [1.82, 2.24) is 5.01 Å². The Labute approximate surface area is 107 Å². The zero-order valence-corrected chi connectivity index (χ0v) is 11.2. The molecule has 0 unspecified atom stereocenters. The Morgan fingerprint density at radius 1 is 1.44 bits per heavy atom. The van der Waals surface area contributed by atoms with Crippen LogP contribution in [0.15, 0.2) is 18.2 Å². The molecule has 5 heteroatoms.